The Balaban J connectivity index is 1.18. The van der Waals surface area contributed by atoms with Gasteiger partial charge in [-0.05, 0) is 53.1 Å². The van der Waals surface area contributed by atoms with Crippen LogP contribution in [0.4, 0.5) is 4.39 Å². The molecule has 6 rings (SSSR count). The molecule has 0 saturated carbocycles. The maximum Gasteiger partial charge on any atom is 0.262 e. The van der Waals surface area contributed by atoms with E-state index < -0.39 is 29.7 Å². The fourth-order valence-corrected chi connectivity index (χ4v) is 5.53. The van der Waals surface area contributed by atoms with E-state index >= 15 is 0 Å². The van der Waals surface area contributed by atoms with Crippen molar-refractivity contribution < 1.29 is 23.6 Å². The molecule has 1 atom stereocenters. The molecule has 0 aromatic heterocycles. The third kappa shape index (κ3) is 4.03. The molecule has 1 saturated heterocycles. The average Bonchev–Trinajstić information content (AvgIpc) is 3.14. The number of nitrogens with one attached hydrogen (secondary N) is 1. The van der Waals surface area contributed by atoms with Gasteiger partial charge in [0.15, 0.2) is 0 Å². The molecule has 4 amide bonds. The van der Waals surface area contributed by atoms with Crippen molar-refractivity contribution in [1.82, 2.24) is 15.1 Å². The quantitative estimate of drug-likeness (QED) is 0.556. The van der Waals surface area contributed by atoms with Crippen LogP contribution in [-0.4, -0.2) is 52.6 Å². The molecule has 37 heavy (non-hydrogen) atoms. The topological polar surface area (TPSA) is 86.8 Å². The van der Waals surface area contributed by atoms with Gasteiger partial charge in [0.25, 0.3) is 11.8 Å². The van der Waals surface area contributed by atoms with E-state index in [9.17, 15) is 23.6 Å². The molecule has 8 heteroatoms. The first kappa shape index (κ1) is 23.2. The molecule has 0 aliphatic carbocycles. The molecular formula is C29H24FN3O4. The summed E-state index contributed by atoms with van der Waals surface area (Å²) in [5.41, 5.74) is 3.70. The van der Waals surface area contributed by atoms with Crippen molar-refractivity contribution >= 4 is 40.0 Å². The Bertz CT molecular complexity index is 1530. The maximum atomic E-state index is 14.2. The molecule has 1 fully saturated rings. The summed E-state index contributed by atoms with van der Waals surface area (Å²) in [7, 11) is 0. The van der Waals surface area contributed by atoms with Crippen LogP contribution in [0.2, 0.25) is 0 Å². The van der Waals surface area contributed by atoms with Gasteiger partial charge in [-0.2, -0.15) is 0 Å². The number of benzene rings is 3. The summed E-state index contributed by atoms with van der Waals surface area (Å²) in [5.74, 6) is -2.24. The first-order valence-corrected chi connectivity index (χ1v) is 12.3. The Hall–Kier alpha value is -4.17. The van der Waals surface area contributed by atoms with Crippen molar-refractivity contribution in [2.24, 2.45) is 0 Å². The van der Waals surface area contributed by atoms with Crippen LogP contribution in [0.25, 0.3) is 16.3 Å². The fraction of sp³-hybridized carbons (Fsp3) is 0.241. The second kappa shape index (κ2) is 9.05. The second-order valence-electron chi connectivity index (χ2n) is 9.68. The van der Waals surface area contributed by atoms with Crippen molar-refractivity contribution in [3.63, 3.8) is 0 Å². The number of halogens is 1. The number of hydrogen-bond donors (Lipinski definition) is 1. The van der Waals surface area contributed by atoms with E-state index in [2.05, 4.69) is 16.3 Å². The third-order valence-corrected chi connectivity index (χ3v) is 7.42. The van der Waals surface area contributed by atoms with Gasteiger partial charge in [0.1, 0.15) is 11.9 Å². The zero-order chi connectivity index (χ0) is 25.7. The summed E-state index contributed by atoms with van der Waals surface area (Å²) in [6, 6.07) is 15.1. The Morgan fingerprint density at radius 3 is 2.43 bits per heavy atom. The molecule has 3 aliphatic rings. The number of nitrogens with zero attached hydrogens (tertiary/aromatic N) is 2. The normalized spacial score (nSPS) is 20.3. The van der Waals surface area contributed by atoms with Crippen LogP contribution in [0.3, 0.4) is 0 Å². The molecule has 3 aliphatic heterocycles. The Kier molecular flexibility index (Phi) is 5.68. The lowest BCUT2D eigenvalue weighted by molar-refractivity contribution is -0.136. The van der Waals surface area contributed by atoms with E-state index in [0.29, 0.717) is 24.0 Å². The highest BCUT2D eigenvalue weighted by molar-refractivity contribution is 6.23. The van der Waals surface area contributed by atoms with E-state index in [1.165, 1.54) is 11.6 Å². The van der Waals surface area contributed by atoms with Gasteiger partial charge in [-0.15, -0.1) is 0 Å². The lowest BCUT2D eigenvalue weighted by Crippen LogP contribution is -2.54. The van der Waals surface area contributed by atoms with Gasteiger partial charge >= 0.3 is 0 Å². The highest BCUT2D eigenvalue weighted by Gasteiger charge is 2.44. The van der Waals surface area contributed by atoms with Crippen LogP contribution in [-0.2, 0) is 16.1 Å². The first-order chi connectivity index (χ1) is 17.9. The van der Waals surface area contributed by atoms with Crippen molar-refractivity contribution in [2.45, 2.75) is 31.8 Å². The Morgan fingerprint density at radius 1 is 0.865 bits per heavy atom. The minimum atomic E-state index is -0.971. The predicted molar refractivity (Wildman–Crippen MR) is 135 cm³/mol. The molecular weight excluding hydrogens is 473 g/mol. The van der Waals surface area contributed by atoms with Gasteiger partial charge in [-0.3, -0.25) is 34.3 Å². The zero-order valence-corrected chi connectivity index (χ0v) is 20.0. The molecule has 3 aromatic carbocycles. The number of fused-ring (bicyclic) bond motifs is 2. The molecule has 3 heterocycles. The molecule has 0 bridgehead atoms. The number of carbonyl (C=O) groups excluding carboxylic acids is 4. The number of imide groups is 2. The number of hydrogen-bond acceptors (Lipinski definition) is 5. The first-order valence-electron chi connectivity index (χ1n) is 12.3. The molecule has 3 aromatic rings. The van der Waals surface area contributed by atoms with E-state index in [1.807, 2.05) is 24.3 Å². The van der Waals surface area contributed by atoms with E-state index in [1.54, 1.807) is 24.3 Å². The Labute approximate surface area is 212 Å². The summed E-state index contributed by atoms with van der Waals surface area (Å²) < 4.78 is 14.2. The van der Waals surface area contributed by atoms with Crippen molar-refractivity contribution in [3.05, 3.63) is 88.7 Å². The van der Waals surface area contributed by atoms with Gasteiger partial charge in [-0.25, -0.2) is 4.39 Å². The van der Waals surface area contributed by atoms with E-state index in [-0.39, 0.29) is 24.2 Å². The summed E-state index contributed by atoms with van der Waals surface area (Å²) in [6.07, 6.45) is 3.19. The summed E-state index contributed by atoms with van der Waals surface area (Å²) in [6.45, 7) is 2.10. The van der Waals surface area contributed by atoms with Gasteiger partial charge in [0.2, 0.25) is 11.8 Å². The van der Waals surface area contributed by atoms with Crippen molar-refractivity contribution in [3.8, 4) is 0 Å². The smallest absolute Gasteiger partial charge is 0.262 e. The third-order valence-electron chi connectivity index (χ3n) is 7.42. The van der Waals surface area contributed by atoms with Crippen LogP contribution in [0, 0.1) is 5.82 Å². The number of amides is 4. The predicted octanol–water partition coefficient (Wildman–Crippen LogP) is 3.67. The van der Waals surface area contributed by atoms with Gasteiger partial charge in [-0.1, -0.05) is 42.5 Å². The maximum absolute atomic E-state index is 14.2. The molecule has 0 radical (unpaired) electrons. The molecule has 0 spiro atoms. The lowest BCUT2D eigenvalue weighted by Gasteiger charge is -2.27. The Morgan fingerprint density at radius 2 is 1.65 bits per heavy atom. The molecule has 1 N–H and O–H groups in total. The van der Waals surface area contributed by atoms with Crippen LogP contribution in [0.15, 0.2) is 60.7 Å². The minimum absolute atomic E-state index is 0.0905. The van der Waals surface area contributed by atoms with Crippen molar-refractivity contribution in [1.29, 1.82) is 0 Å². The van der Waals surface area contributed by atoms with Gasteiger partial charge < -0.3 is 0 Å². The molecule has 7 nitrogen and oxygen atoms in total. The number of piperidine rings is 1. The second-order valence-corrected chi connectivity index (χ2v) is 9.68. The van der Waals surface area contributed by atoms with E-state index in [0.717, 1.165) is 34.4 Å². The highest BCUT2D eigenvalue weighted by atomic mass is 19.1. The van der Waals surface area contributed by atoms with Crippen LogP contribution >= 0.6 is 0 Å². The highest BCUT2D eigenvalue weighted by Crippen LogP contribution is 2.32. The van der Waals surface area contributed by atoms with Crippen LogP contribution in [0.1, 0.15) is 51.1 Å². The standard InChI is InChI=1S/C29H24FN3O4/c30-24-6-2-4-20-19(3-1-5-21(20)24)18-11-13-32(14-12-18)16-17-7-8-22-23(15-17)29(37)33(28(22)36)25-9-10-26(34)31-27(25)35/h1-8,11,15,25H,9-10,12-14,16H2,(H,31,34,35). The number of rotatable bonds is 4. The SMILES string of the molecule is O=C1CCC(N2C(=O)c3ccc(CN4CC=C(c5cccc6c(F)cccc56)CC4)cc3C2=O)C(=O)N1. The largest absolute Gasteiger partial charge is 0.295 e. The van der Waals surface area contributed by atoms with E-state index in [4.69, 9.17) is 0 Å². The summed E-state index contributed by atoms with van der Waals surface area (Å²) >= 11 is 0. The van der Waals surface area contributed by atoms with Gasteiger partial charge in [0.05, 0.1) is 11.1 Å². The van der Waals surface area contributed by atoms with Crippen molar-refractivity contribution in [2.75, 3.05) is 13.1 Å². The lowest BCUT2D eigenvalue weighted by atomic mass is 9.94. The summed E-state index contributed by atoms with van der Waals surface area (Å²) in [4.78, 5) is 53.0. The zero-order valence-electron chi connectivity index (χ0n) is 20.0. The summed E-state index contributed by atoms with van der Waals surface area (Å²) in [5, 5.41) is 3.74. The van der Waals surface area contributed by atoms with Crippen LogP contribution < -0.4 is 5.32 Å². The van der Waals surface area contributed by atoms with Gasteiger partial charge in [0, 0.05) is 31.4 Å². The average molecular weight is 498 g/mol. The molecule has 186 valence electrons. The monoisotopic (exact) mass is 497 g/mol. The molecule has 1 unspecified atom stereocenters. The fourth-order valence-electron chi connectivity index (χ4n) is 5.53. The minimum Gasteiger partial charge on any atom is -0.295 e. The number of carbonyl (C=O) groups is 4. The van der Waals surface area contributed by atoms with Crippen LogP contribution in [0.5, 0.6) is 0 Å².